The number of aryl methyl sites for hydroxylation is 1. The number of rotatable bonds is 2. The fourth-order valence-electron chi connectivity index (χ4n) is 1.28. The third kappa shape index (κ3) is 1.33. The SMILES string of the molecule is ICCn1ncc2ccccc21. The van der Waals surface area contributed by atoms with Gasteiger partial charge in [-0.25, -0.2) is 0 Å². The van der Waals surface area contributed by atoms with E-state index in [1.807, 2.05) is 23.0 Å². The Morgan fingerprint density at radius 2 is 2.17 bits per heavy atom. The van der Waals surface area contributed by atoms with Gasteiger partial charge in [-0.15, -0.1) is 0 Å². The number of nitrogens with zero attached hydrogens (tertiary/aromatic N) is 2. The van der Waals surface area contributed by atoms with E-state index in [1.165, 1.54) is 10.9 Å². The Hall–Kier alpha value is -0.580. The summed E-state index contributed by atoms with van der Waals surface area (Å²) >= 11 is 2.36. The highest BCUT2D eigenvalue weighted by Crippen LogP contribution is 2.12. The number of halogens is 1. The normalized spacial score (nSPS) is 10.8. The molecule has 0 bridgehead atoms. The van der Waals surface area contributed by atoms with E-state index in [9.17, 15) is 0 Å². The molecular weight excluding hydrogens is 263 g/mol. The van der Waals surface area contributed by atoms with Crippen LogP contribution in [0.25, 0.3) is 10.9 Å². The summed E-state index contributed by atoms with van der Waals surface area (Å²) in [4.78, 5) is 0. The molecule has 0 saturated carbocycles. The fraction of sp³-hybridized carbons (Fsp3) is 0.222. The maximum Gasteiger partial charge on any atom is 0.0682 e. The molecule has 2 aromatic rings. The minimum atomic E-state index is 0.994. The van der Waals surface area contributed by atoms with E-state index in [0.717, 1.165) is 11.0 Å². The third-order valence-electron chi connectivity index (χ3n) is 1.85. The van der Waals surface area contributed by atoms with E-state index in [4.69, 9.17) is 0 Å². The van der Waals surface area contributed by atoms with Crippen LogP contribution in [-0.4, -0.2) is 14.2 Å². The van der Waals surface area contributed by atoms with Gasteiger partial charge in [0, 0.05) is 9.81 Å². The Morgan fingerprint density at radius 1 is 1.33 bits per heavy atom. The van der Waals surface area contributed by atoms with Gasteiger partial charge in [-0.05, 0) is 6.07 Å². The number of hydrogen-bond donors (Lipinski definition) is 0. The lowest BCUT2D eigenvalue weighted by Crippen LogP contribution is -1.99. The van der Waals surface area contributed by atoms with Gasteiger partial charge in [0.1, 0.15) is 0 Å². The van der Waals surface area contributed by atoms with Crippen molar-refractivity contribution in [1.29, 1.82) is 0 Å². The predicted octanol–water partition coefficient (Wildman–Crippen LogP) is 2.47. The number of fused-ring (bicyclic) bond motifs is 1. The number of benzene rings is 1. The quantitative estimate of drug-likeness (QED) is 0.606. The van der Waals surface area contributed by atoms with Crippen molar-refractivity contribution < 1.29 is 0 Å². The van der Waals surface area contributed by atoms with Crippen LogP contribution in [0.1, 0.15) is 0 Å². The number of hydrogen-bond acceptors (Lipinski definition) is 1. The van der Waals surface area contributed by atoms with Crippen LogP contribution in [-0.2, 0) is 6.54 Å². The molecule has 0 amide bonds. The molecule has 3 heteroatoms. The van der Waals surface area contributed by atoms with Crippen molar-refractivity contribution in [1.82, 2.24) is 9.78 Å². The minimum absolute atomic E-state index is 0.994. The van der Waals surface area contributed by atoms with Crippen molar-refractivity contribution in [2.75, 3.05) is 4.43 Å². The van der Waals surface area contributed by atoms with Crippen molar-refractivity contribution >= 4 is 33.5 Å². The van der Waals surface area contributed by atoms with E-state index in [2.05, 4.69) is 39.8 Å². The van der Waals surface area contributed by atoms with Crippen LogP contribution in [0.2, 0.25) is 0 Å². The highest BCUT2D eigenvalue weighted by molar-refractivity contribution is 14.1. The molecule has 0 aliphatic heterocycles. The van der Waals surface area contributed by atoms with Gasteiger partial charge >= 0.3 is 0 Å². The molecule has 12 heavy (non-hydrogen) atoms. The molecule has 0 aliphatic rings. The Morgan fingerprint density at radius 3 is 3.00 bits per heavy atom. The zero-order valence-electron chi connectivity index (χ0n) is 6.57. The largest absolute Gasteiger partial charge is 0.264 e. The van der Waals surface area contributed by atoms with Crippen molar-refractivity contribution in [3.8, 4) is 0 Å². The molecule has 0 radical (unpaired) electrons. The molecular formula is C9H9IN2. The second-order valence-electron chi connectivity index (χ2n) is 2.62. The smallest absolute Gasteiger partial charge is 0.0682 e. The number of aromatic nitrogens is 2. The van der Waals surface area contributed by atoms with Crippen LogP contribution >= 0.6 is 22.6 Å². The summed E-state index contributed by atoms with van der Waals surface area (Å²) in [6, 6.07) is 8.28. The molecule has 2 rings (SSSR count). The zero-order valence-corrected chi connectivity index (χ0v) is 8.73. The number of para-hydroxylation sites is 1. The van der Waals surface area contributed by atoms with Crippen molar-refractivity contribution in [3.63, 3.8) is 0 Å². The summed E-state index contributed by atoms with van der Waals surface area (Å²) in [6.45, 7) is 0.994. The van der Waals surface area contributed by atoms with Crippen LogP contribution in [0.5, 0.6) is 0 Å². The predicted molar refractivity (Wildman–Crippen MR) is 58.6 cm³/mol. The second-order valence-corrected chi connectivity index (χ2v) is 3.69. The van der Waals surface area contributed by atoms with Crippen LogP contribution in [0.15, 0.2) is 30.5 Å². The highest BCUT2D eigenvalue weighted by Gasteiger charge is 1.98. The first kappa shape index (κ1) is 8.04. The van der Waals surface area contributed by atoms with E-state index >= 15 is 0 Å². The summed E-state index contributed by atoms with van der Waals surface area (Å²) in [7, 11) is 0. The van der Waals surface area contributed by atoms with Crippen LogP contribution < -0.4 is 0 Å². The Balaban J connectivity index is 2.55. The summed E-state index contributed by atoms with van der Waals surface area (Å²) in [5, 5.41) is 5.52. The van der Waals surface area contributed by atoms with Gasteiger partial charge in [-0.3, -0.25) is 4.68 Å². The monoisotopic (exact) mass is 272 g/mol. The molecule has 2 nitrogen and oxygen atoms in total. The maximum atomic E-state index is 4.30. The summed E-state index contributed by atoms with van der Waals surface area (Å²) in [5.41, 5.74) is 1.23. The van der Waals surface area contributed by atoms with E-state index < -0.39 is 0 Å². The molecule has 0 N–H and O–H groups in total. The van der Waals surface area contributed by atoms with Crippen molar-refractivity contribution in [3.05, 3.63) is 30.5 Å². The lowest BCUT2D eigenvalue weighted by atomic mass is 10.3. The first-order valence-electron chi connectivity index (χ1n) is 3.88. The molecule has 62 valence electrons. The van der Waals surface area contributed by atoms with Gasteiger partial charge in [-0.1, -0.05) is 40.8 Å². The summed E-state index contributed by atoms with van der Waals surface area (Å²) in [6.07, 6.45) is 1.92. The minimum Gasteiger partial charge on any atom is -0.264 e. The summed E-state index contributed by atoms with van der Waals surface area (Å²) in [5.74, 6) is 0. The van der Waals surface area contributed by atoms with Gasteiger partial charge < -0.3 is 0 Å². The molecule has 0 saturated heterocycles. The molecule has 1 aromatic heterocycles. The van der Waals surface area contributed by atoms with Gasteiger partial charge in [0.05, 0.1) is 18.3 Å². The lowest BCUT2D eigenvalue weighted by Gasteiger charge is -1.98. The van der Waals surface area contributed by atoms with E-state index in [0.29, 0.717) is 0 Å². The zero-order chi connectivity index (χ0) is 8.39. The molecule has 0 unspecified atom stereocenters. The van der Waals surface area contributed by atoms with Crippen LogP contribution in [0.3, 0.4) is 0 Å². The molecule has 1 heterocycles. The lowest BCUT2D eigenvalue weighted by molar-refractivity contribution is 0.697. The second kappa shape index (κ2) is 3.43. The average Bonchev–Trinajstić information content (AvgIpc) is 2.50. The van der Waals surface area contributed by atoms with Crippen LogP contribution in [0.4, 0.5) is 0 Å². The van der Waals surface area contributed by atoms with Crippen molar-refractivity contribution in [2.24, 2.45) is 0 Å². The van der Waals surface area contributed by atoms with Gasteiger partial charge in [-0.2, -0.15) is 5.10 Å². The van der Waals surface area contributed by atoms with E-state index in [1.54, 1.807) is 0 Å². The molecule has 0 spiro atoms. The van der Waals surface area contributed by atoms with E-state index in [-0.39, 0.29) is 0 Å². The molecule has 0 aliphatic carbocycles. The maximum absolute atomic E-state index is 4.30. The average molecular weight is 272 g/mol. The standard InChI is InChI=1S/C9H9IN2/c10-5-6-12-9-4-2-1-3-8(9)7-11-12/h1-4,7H,5-6H2. The Kier molecular flexibility index (Phi) is 2.30. The third-order valence-corrected chi connectivity index (χ3v) is 2.33. The molecule has 1 aromatic carbocycles. The molecule has 0 fully saturated rings. The first-order valence-corrected chi connectivity index (χ1v) is 5.41. The highest BCUT2D eigenvalue weighted by atomic mass is 127. The fourth-order valence-corrected chi connectivity index (χ4v) is 1.74. The summed E-state index contributed by atoms with van der Waals surface area (Å²) < 4.78 is 3.14. The topological polar surface area (TPSA) is 17.8 Å². The molecule has 0 atom stereocenters. The van der Waals surface area contributed by atoms with Gasteiger partial charge in [0.15, 0.2) is 0 Å². The van der Waals surface area contributed by atoms with Crippen LogP contribution in [0, 0.1) is 0 Å². The Bertz CT molecular complexity index is 381. The van der Waals surface area contributed by atoms with Gasteiger partial charge in [0.2, 0.25) is 0 Å². The first-order chi connectivity index (χ1) is 5.92. The Labute approximate surface area is 84.7 Å². The van der Waals surface area contributed by atoms with Gasteiger partial charge in [0.25, 0.3) is 0 Å². The number of alkyl halides is 1. The van der Waals surface area contributed by atoms with Crippen molar-refractivity contribution in [2.45, 2.75) is 6.54 Å².